The smallest absolute Gasteiger partial charge is 0.265 e. The molecular weight excluding hydrogens is 328 g/mol. The fourth-order valence-corrected chi connectivity index (χ4v) is 2.84. The van der Waals surface area contributed by atoms with Gasteiger partial charge in [-0.3, -0.25) is 0 Å². The van der Waals surface area contributed by atoms with Crippen LogP contribution < -0.4 is 10.2 Å². The Balaban J connectivity index is 1.55. The Kier molecular flexibility index (Phi) is 4.18. The van der Waals surface area contributed by atoms with Crippen molar-refractivity contribution in [1.29, 1.82) is 0 Å². The van der Waals surface area contributed by atoms with Crippen molar-refractivity contribution in [1.82, 2.24) is 19.7 Å². The summed E-state index contributed by atoms with van der Waals surface area (Å²) in [6.45, 7) is 2.61. The first-order valence-electron chi connectivity index (χ1n) is 8.36. The number of para-hydroxylation sites is 1. The molecule has 0 spiro atoms. The molecule has 0 saturated carbocycles. The summed E-state index contributed by atoms with van der Waals surface area (Å²) in [5.41, 5.74) is 6.40. The molecule has 1 N–H and O–H groups in total. The van der Waals surface area contributed by atoms with Crippen molar-refractivity contribution >= 4 is 34.2 Å². The summed E-state index contributed by atoms with van der Waals surface area (Å²) in [5.74, 6) is 1.19. The minimum atomic E-state index is 0.352. The first-order valence-corrected chi connectivity index (χ1v) is 8.36. The zero-order valence-electron chi connectivity index (χ0n) is 14.5. The molecular formula is C19H18N6O. The zero-order chi connectivity index (χ0) is 17.9. The molecule has 26 heavy (non-hydrogen) atoms. The molecule has 0 aliphatic carbocycles. The fraction of sp³-hybridized carbons (Fsp3) is 0.158. The van der Waals surface area contributed by atoms with E-state index < -0.39 is 0 Å². The second-order valence-corrected chi connectivity index (χ2v) is 5.76. The van der Waals surface area contributed by atoms with Crippen LogP contribution in [0.2, 0.25) is 0 Å². The Morgan fingerprint density at radius 1 is 1.12 bits per heavy atom. The van der Waals surface area contributed by atoms with Gasteiger partial charge in [0.05, 0.1) is 18.3 Å². The molecule has 7 nitrogen and oxygen atoms in total. The summed E-state index contributed by atoms with van der Waals surface area (Å²) >= 11 is 0. The van der Waals surface area contributed by atoms with E-state index in [9.17, 15) is 0 Å². The van der Waals surface area contributed by atoms with Gasteiger partial charge in [0.2, 0.25) is 0 Å². The largest absolute Gasteiger partial charge is 0.494 e. The van der Waals surface area contributed by atoms with Crippen LogP contribution in [0.5, 0.6) is 5.75 Å². The first kappa shape index (κ1) is 16.0. The number of anilines is 1. The number of nitrogens with zero attached hydrogens (tertiary/aromatic N) is 5. The Morgan fingerprint density at radius 3 is 2.73 bits per heavy atom. The number of aryl methyl sites for hydroxylation is 1. The molecule has 2 aromatic carbocycles. The second-order valence-electron chi connectivity index (χ2n) is 5.76. The summed E-state index contributed by atoms with van der Waals surface area (Å²) in [5, 5.41) is 13.6. The highest BCUT2D eigenvalue weighted by Gasteiger charge is 2.11. The lowest BCUT2D eigenvalue weighted by Gasteiger charge is -2.02. The van der Waals surface area contributed by atoms with E-state index in [0.717, 1.165) is 33.4 Å². The molecule has 0 radical (unpaired) electrons. The van der Waals surface area contributed by atoms with E-state index >= 15 is 0 Å². The molecule has 2 heterocycles. The van der Waals surface area contributed by atoms with Gasteiger partial charge >= 0.3 is 0 Å². The Hall–Kier alpha value is -3.48. The number of fused-ring (bicyclic) bond motifs is 3. The molecule has 0 fully saturated rings. The maximum atomic E-state index is 5.42. The number of hydrogen-bond acceptors (Lipinski definition) is 6. The lowest BCUT2D eigenvalue weighted by molar-refractivity contribution is 0.340. The van der Waals surface area contributed by atoms with E-state index in [0.29, 0.717) is 12.6 Å². The molecule has 0 unspecified atom stereocenters. The summed E-state index contributed by atoms with van der Waals surface area (Å²) < 4.78 is 7.42. The number of nitrogens with one attached hydrogen (secondary N) is 1. The molecule has 0 amide bonds. The van der Waals surface area contributed by atoms with E-state index in [1.807, 2.05) is 67.1 Å². The maximum Gasteiger partial charge on any atom is 0.265 e. The predicted octanol–water partition coefficient (Wildman–Crippen LogP) is 3.36. The van der Waals surface area contributed by atoms with Gasteiger partial charge in [0.15, 0.2) is 5.65 Å². The van der Waals surface area contributed by atoms with E-state index in [4.69, 9.17) is 4.74 Å². The van der Waals surface area contributed by atoms with Gasteiger partial charge in [-0.15, -0.1) is 10.2 Å². The van der Waals surface area contributed by atoms with Gasteiger partial charge in [-0.25, -0.2) is 5.43 Å². The standard InChI is InChI=1S/C19H18N6O/c1-3-26-14-10-8-13(9-11-14)12-20-23-19-21-18-17(22-24-19)15-6-4-5-7-16(15)25(18)2/h4-12H,3H2,1-2H3,(H,21,23,24)/b20-12-. The van der Waals surface area contributed by atoms with Crippen molar-refractivity contribution in [3.63, 3.8) is 0 Å². The Bertz CT molecular complexity index is 1080. The van der Waals surface area contributed by atoms with Crippen LogP contribution in [0, 0.1) is 0 Å². The third-order valence-electron chi connectivity index (χ3n) is 4.08. The zero-order valence-corrected chi connectivity index (χ0v) is 14.5. The average Bonchev–Trinajstić information content (AvgIpc) is 2.96. The van der Waals surface area contributed by atoms with Gasteiger partial charge in [-0.05, 0) is 42.8 Å². The van der Waals surface area contributed by atoms with Crippen LogP contribution in [0.4, 0.5) is 5.95 Å². The summed E-state index contributed by atoms with van der Waals surface area (Å²) in [6, 6.07) is 15.7. The first-order chi connectivity index (χ1) is 12.8. The molecule has 2 aromatic heterocycles. The highest BCUT2D eigenvalue weighted by atomic mass is 16.5. The second kappa shape index (κ2) is 6.79. The van der Waals surface area contributed by atoms with Crippen LogP contribution in [0.15, 0.2) is 53.6 Å². The summed E-state index contributed by atoms with van der Waals surface area (Å²) in [7, 11) is 1.96. The van der Waals surface area contributed by atoms with Gasteiger partial charge in [0.1, 0.15) is 11.3 Å². The maximum absolute atomic E-state index is 5.42. The molecule has 0 aliphatic heterocycles. The van der Waals surface area contributed by atoms with Crippen molar-refractivity contribution in [2.75, 3.05) is 12.0 Å². The van der Waals surface area contributed by atoms with Crippen LogP contribution in [0.3, 0.4) is 0 Å². The third kappa shape index (κ3) is 2.95. The van der Waals surface area contributed by atoms with Crippen LogP contribution in [0.25, 0.3) is 22.1 Å². The van der Waals surface area contributed by atoms with E-state index in [-0.39, 0.29) is 0 Å². The SMILES string of the molecule is CCOc1ccc(/C=N\Nc2nnc3c4ccccc4n(C)c3n2)cc1. The minimum Gasteiger partial charge on any atom is -0.494 e. The molecule has 0 saturated heterocycles. The number of rotatable bonds is 5. The van der Waals surface area contributed by atoms with Gasteiger partial charge in [0.25, 0.3) is 5.95 Å². The van der Waals surface area contributed by atoms with Gasteiger partial charge in [-0.2, -0.15) is 10.1 Å². The lowest BCUT2D eigenvalue weighted by atomic mass is 10.2. The highest BCUT2D eigenvalue weighted by Crippen LogP contribution is 2.24. The summed E-state index contributed by atoms with van der Waals surface area (Å²) in [6.07, 6.45) is 1.70. The lowest BCUT2D eigenvalue weighted by Crippen LogP contribution is -2.00. The predicted molar refractivity (Wildman–Crippen MR) is 103 cm³/mol. The van der Waals surface area contributed by atoms with Gasteiger partial charge in [0, 0.05) is 12.4 Å². The van der Waals surface area contributed by atoms with Crippen molar-refractivity contribution in [3.05, 3.63) is 54.1 Å². The number of ether oxygens (including phenoxy) is 1. The fourth-order valence-electron chi connectivity index (χ4n) is 2.84. The van der Waals surface area contributed by atoms with Crippen molar-refractivity contribution < 1.29 is 4.74 Å². The molecule has 0 aliphatic rings. The van der Waals surface area contributed by atoms with Crippen molar-refractivity contribution in [3.8, 4) is 5.75 Å². The number of aromatic nitrogens is 4. The van der Waals surface area contributed by atoms with Gasteiger partial charge in [-0.1, -0.05) is 18.2 Å². The Morgan fingerprint density at radius 2 is 1.92 bits per heavy atom. The minimum absolute atomic E-state index is 0.352. The molecule has 7 heteroatoms. The summed E-state index contributed by atoms with van der Waals surface area (Å²) in [4.78, 5) is 4.53. The average molecular weight is 346 g/mol. The molecule has 4 rings (SSSR count). The normalized spacial score (nSPS) is 11.5. The van der Waals surface area contributed by atoms with E-state index in [1.165, 1.54) is 0 Å². The van der Waals surface area contributed by atoms with Crippen LogP contribution in [0.1, 0.15) is 12.5 Å². The quantitative estimate of drug-likeness (QED) is 0.443. The van der Waals surface area contributed by atoms with Gasteiger partial charge < -0.3 is 9.30 Å². The van der Waals surface area contributed by atoms with E-state index in [1.54, 1.807) is 6.21 Å². The van der Waals surface area contributed by atoms with Crippen LogP contribution >= 0.6 is 0 Å². The molecule has 0 atom stereocenters. The monoisotopic (exact) mass is 346 g/mol. The van der Waals surface area contributed by atoms with E-state index in [2.05, 4.69) is 25.7 Å². The molecule has 0 bridgehead atoms. The van der Waals surface area contributed by atoms with Crippen molar-refractivity contribution in [2.45, 2.75) is 6.92 Å². The number of benzene rings is 2. The van der Waals surface area contributed by atoms with Crippen molar-refractivity contribution in [2.24, 2.45) is 12.1 Å². The third-order valence-corrected chi connectivity index (χ3v) is 4.08. The molecule has 4 aromatic rings. The Labute approximate surface area is 150 Å². The topological polar surface area (TPSA) is 77.2 Å². The number of hydrogen-bond donors (Lipinski definition) is 1. The van der Waals surface area contributed by atoms with Crippen LogP contribution in [-0.2, 0) is 7.05 Å². The number of hydrazone groups is 1. The highest BCUT2D eigenvalue weighted by molar-refractivity contribution is 6.04. The molecule has 130 valence electrons. The van der Waals surface area contributed by atoms with Crippen LogP contribution in [-0.4, -0.2) is 32.6 Å².